The largest absolute Gasteiger partial charge is 0.346 e. The minimum atomic E-state index is 0.843. The second-order valence-corrected chi connectivity index (χ2v) is 6.00. The van der Waals surface area contributed by atoms with Gasteiger partial charge in [-0.2, -0.15) is 0 Å². The maximum atomic E-state index is 5.33. The fourth-order valence-corrected chi connectivity index (χ4v) is 3.42. The predicted octanol–water partition coefficient (Wildman–Crippen LogP) is 2.96. The highest BCUT2D eigenvalue weighted by Gasteiger charge is 2.19. The van der Waals surface area contributed by atoms with Crippen LogP contribution in [0, 0.1) is 12.3 Å². The van der Waals surface area contributed by atoms with E-state index in [4.69, 9.17) is 11.4 Å². The highest BCUT2D eigenvalue weighted by atomic mass is 32.1. The Labute approximate surface area is 130 Å². The highest BCUT2D eigenvalue weighted by molar-refractivity contribution is 7.14. The first kappa shape index (κ1) is 14.1. The van der Waals surface area contributed by atoms with Gasteiger partial charge in [-0.15, -0.1) is 23.7 Å². The van der Waals surface area contributed by atoms with Crippen molar-refractivity contribution in [3.05, 3.63) is 35.7 Å². The molecule has 1 aromatic carbocycles. The van der Waals surface area contributed by atoms with E-state index in [2.05, 4.69) is 45.4 Å². The molecule has 2 aromatic rings. The van der Waals surface area contributed by atoms with Gasteiger partial charge in [0, 0.05) is 50.1 Å². The number of benzene rings is 1. The van der Waals surface area contributed by atoms with Crippen LogP contribution in [0.15, 0.2) is 35.7 Å². The molecule has 0 aliphatic carbocycles. The van der Waals surface area contributed by atoms with Crippen LogP contribution in [0.5, 0.6) is 0 Å². The lowest BCUT2D eigenvalue weighted by molar-refractivity contribution is 0.264. The Kier molecular flexibility index (Phi) is 4.54. The number of hydrogen-bond donors (Lipinski definition) is 0. The second-order valence-electron chi connectivity index (χ2n) is 5.16. The molecule has 108 valence electrons. The van der Waals surface area contributed by atoms with Gasteiger partial charge >= 0.3 is 0 Å². The summed E-state index contributed by atoms with van der Waals surface area (Å²) in [4.78, 5) is 9.60. The topological polar surface area (TPSA) is 19.4 Å². The molecule has 1 aliphatic rings. The van der Waals surface area contributed by atoms with Gasteiger partial charge < -0.3 is 4.90 Å². The fraction of sp³-hybridized carbons (Fsp3) is 0.353. The fourth-order valence-electron chi connectivity index (χ4n) is 2.54. The molecule has 0 unspecified atom stereocenters. The van der Waals surface area contributed by atoms with E-state index in [0.717, 1.165) is 50.0 Å². The van der Waals surface area contributed by atoms with E-state index in [-0.39, 0.29) is 0 Å². The van der Waals surface area contributed by atoms with Gasteiger partial charge in [-0.3, -0.25) is 4.90 Å². The van der Waals surface area contributed by atoms with Crippen molar-refractivity contribution in [2.24, 2.45) is 0 Å². The molecule has 3 rings (SSSR count). The molecule has 1 aromatic heterocycles. The lowest BCUT2D eigenvalue weighted by atomic mass is 10.2. The zero-order valence-corrected chi connectivity index (χ0v) is 12.9. The van der Waals surface area contributed by atoms with E-state index in [9.17, 15) is 0 Å². The van der Waals surface area contributed by atoms with Crippen LogP contribution in [0.3, 0.4) is 0 Å². The monoisotopic (exact) mass is 297 g/mol. The number of anilines is 1. The normalized spacial score (nSPS) is 15.9. The van der Waals surface area contributed by atoms with Crippen molar-refractivity contribution in [2.75, 3.05) is 37.6 Å². The van der Waals surface area contributed by atoms with Gasteiger partial charge in [0.25, 0.3) is 0 Å². The Balaban J connectivity index is 1.62. The first-order valence-electron chi connectivity index (χ1n) is 7.28. The maximum absolute atomic E-state index is 5.33. The van der Waals surface area contributed by atoms with Crippen LogP contribution in [0.1, 0.15) is 6.42 Å². The summed E-state index contributed by atoms with van der Waals surface area (Å²) in [5.74, 6) is 2.71. The zero-order valence-electron chi connectivity index (χ0n) is 12.0. The van der Waals surface area contributed by atoms with Crippen LogP contribution in [0.25, 0.3) is 11.3 Å². The van der Waals surface area contributed by atoms with Crippen LogP contribution >= 0.6 is 11.3 Å². The van der Waals surface area contributed by atoms with Crippen molar-refractivity contribution < 1.29 is 0 Å². The molecule has 0 amide bonds. The average molecular weight is 297 g/mol. The highest BCUT2D eigenvalue weighted by Crippen LogP contribution is 2.27. The van der Waals surface area contributed by atoms with Crippen molar-refractivity contribution in [1.29, 1.82) is 0 Å². The van der Waals surface area contributed by atoms with E-state index in [1.165, 1.54) is 5.56 Å². The zero-order chi connectivity index (χ0) is 14.5. The van der Waals surface area contributed by atoms with Gasteiger partial charge in [0.15, 0.2) is 5.13 Å². The molecule has 0 saturated carbocycles. The summed E-state index contributed by atoms with van der Waals surface area (Å²) in [6.07, 6.45) is 6.17. The SMILES string of the molecule is C#CCCN1CCN(c2nc(-c3ccccc3)cs2)CC1. The molecule has 0 bridgehead atoms. The van der Waals surface area contributed by atoms with Gasteiger partial charge in [-0.25, -0.2) is 4.98 Å². The van der Waals surface area contributed by atoms with E-state index >= 15 is 0 Å². The van der Waals surface area contributed by atoms with Gasteiger partial charge in [-0.05, 0) is 0 Å². The molecule has 3 nitrogen and oxygen atoms in total. The number of terminal acetylenes is 1. The van der Waals surface area contributed by atoms with Crippen molar-refractivity contribution in [3.8, 4) is 23.6 Å². The standard InChI is InChI=1S/C17H19N3S/c1-2-3-9-19-10-12-20(13-11-19)17-18-16(14-21-17)15-7-5-4-6-8-15/h1,4-8,14H,3,9-13H2. The first-order chi connectivity index (χ1) is 10.4. The Hall–Kier alpha value is -1.83. The summed E-state index contributed by atoms with van der Waals surface area (Å²) < 4.78 is 0. The Morgan fingerprint density at radius 3 is 2.62 bits per heavy atom. The summed E-state index contributed by atoms with van der Waals surface area (Å²) in [6, 6.07) is 10.4. The third-order valence-electron chi connectivity index (χ3n) is 3.78. The third kappa shape index (κ3) is 3.44. The number of hydrogen-bond acceptors (Lipinski definition) is 4. The minimum Gasteiger partial charge on any atom is -0.346 e. The molecule has 1 fully saturated rings. The predicted molar refractivity (Wildman–Crippen MR) is 89.7 cm³/mol. The number of thiazole rings is 1. The maximum Gasteiger partial charge on any atom is 0.185 e. The van der Waals surface area contributed by atoms with Gasteiger partial charge in [0.2, 0.25) is 0 Å². The first-order valence-corrected chi connectivity index (χ1v) is 8.16. The van der Waals surface area contributed by atoms with Crippen molar-refractivity contribution in [2.45, 2.75) is 6.42 Å². The van der Waals surface area contributed by atoms with E-state index in [1.54, 1.807) is 11.3 Å². The molecule has 4 heteroatoms. The van der Waals surface area contributed by atoms with Crippen LogP contribution in [0.4, 0.5) is 5.13 Å². The quantitative estimate of drug-likeness (QED) is 0.809. The number of piperazine rings is 1. The van der Waals surface area contributed by atoms with Crippen molar-refractivity contribution >= 4 is 16.5 Å². The number of rotatable bonds is 4. The summed E-state index contributed by atoms with van der Waals surface area (Å²) >= 11 is 1.73. The van der Waals surface area contributed by atoms with Gasteiger partial charge in [0.05, 0.1) is 5.69 Å². The third-order valence-corrected chi connectivity index (χ3v) is 4.68. The Morgan fingerprint density at radius 2 is 1.90 bits per heavy atom. The molecular weight excluding hydrogens is 278 g/mol. The Morgan fingerprint density at radius 1 is 1.14 bits per heavy atom. The van der Waals surface area contributed by atoms with Crippen molar-refractivity contribution in [3.63, 3.8) is 0 Å². The second kappa shape index (κ2) is 6.75. The number of nitrogens with zero attached hydrogens (tertiary/aromatic N) is 3. The van der Waals surface area contributed by atoms with Crippen LogP contribution in [0.2, 0.25) is 0 Å². The minimum absolute atomic E-state index is 0.843. The van der Waals surface area contributed by atoms with E-state index in [0.29, 0.717) is 0 Å². The van der Waals surface area contributed by atoms with Gasteiger partial charge in [0.1, 0.15) is 0 Å². The van der Waals surface area contributed by atoms with E-state index in [1.807, 2.05) is 6.07 Å². The van der Waals surface area contributed by atoms with Gasteiger partial charge in [-0.1, -0.05) is 30.3 Å². The molecule has 0 radical (unpaired) electrons. The smallest absolute Gasteiger partial charge is 0.185 e. The molecular formula is C17H19N3S. The number of aromatic nitrogens is 1. The van der Waals surface area contributed by atoms with Crippen molar-refractivity contribution in [1.82, 2.24) is 9.88 Å². The molecule has 21 heavy (non-hydrogen) atoms. The average Bonchev–Trinajstić information content (AvgIpc) is 3.04. The molecule has 1 saturated heterocycles. The van der Waals surface area contributed by atoms with Crippen LogP contribution in [-0.2, 0) is 0 Å². The molecule has 0 N–H and O–H groups in total. The lowest BCUT2D eigenvalue weighted by Gasteiger charge is -2.34. The summed E-state index contributed by atoms with van der Waals surface area (Å²) in [5.41, 5.74) is 2.26. The summed E-state index contributed by atoms with van der Waals surface area (Å²) in [6.45, 7) is 5.22. The summed E-state index contributed by atoms with van der Waals surface area (Å²) in [5, 5.41) is 3.28. The molecule has 0 spiro atoms. The molecule has 1 aliphatic heterocycles. The van der Waals surface area contributed by atoms with Crippen LogP contribution < -0.4 is 4.90 Å². The summed E-state index contributed by atoms with van der Waals surface area (Å²) in [7, 11) is 0. The molecule has 2 heterocycles. The lowest BCUT2D eigenvalue weighted by Crippen LogP contribution is -2.46. The Bertz CT molecular complexity index is 606. The van der Waals surface area contributed by atoms with Crippen LogP contribution in [-0.4, -0.2) is 42.6 Å². The van der Waals surface area contributed by atoms with E-state index < -0.39 is 0 Å². The molecule has 0 atom stereocenters.